The molecular formula is C12H27NO3. The highest BCUT2D eigenvalue weighted by molar-refractivity contribution is 4.54. The molecule has 0 bridgehead atoms. The van der Waals surface area contributed by atoms with Crippen LogP contribution < -0.4 is 0 Å². The van der Waals surface area contributed by atoms with Crippen LogP contribution in [0.2, 0.25) is 0 Å². The Hall–Kier alpha value is -0.160. The summed E-state index contributed by atoms with van der Waals surface area (Å²) in [5, 5.41) is 9.02. The van der Waals surface area contributed by atoms with E-state index in [2.05, 4.69) is 25.9 Å². The van der Waals surface area contributed by atoms with E-state index >= 15 is 0 Å². The van der Waals surface area contributed by atoms with Gasteiger partial charge in [0.05, 0.1) is 13.2 Å². The number of hydrogen-bond donors (Lipinski definition) is 1. The summed E-state index contributed by atoms with van der Waals surface area (Å²) in [6.07, 6.45) is 3.02. The molecule has 16 heavy (non-hydrogen) atoms. The maximum absolute atomic E-state index is 9.02. The minimum Gasteiger partial charge on any atom is -0.394 e. The average Bonchev–Trinajstić information content (AvgIpc) is 2.26. The molecule has 0 radical (unpaired) electrons. The number of ether oxygens (including phenoxy) is 2. The number of aliphatic hydroxyl groups excluding tert-OH is 1. The normalized spacial score (nSPS) is 13.3. The maximum atomic E-state index is 9.02. The monoisotopic (exact) mass is 233 g/mol. The first-order chi connectivity index (χ1) is 7.70. The third-order valence-corrected chi connectivity index (χ3v) is 2.21. The van der Waals surface area contributed by atoms with Crippen LogP contribution in [0.15, 0.2) is 0 Å². The van der Waals surface area contributed by atoms with Crippen LogP contribution in [0.4, 0.5) is 0 Å². The summed E-state index contributed by atoms with van der Waals surface area (Å²) in [4.78, 5) is 2.17. The molecule has 0 saturated carbocycles. The molecule has 0 aromatic rings. The second-order valence-electron chi connectivity index (χ2n) is 4.26. The summed E-state index contributed by atoms with van der Waals surface area (Å²) in [6, 6.07) is 0. The van der Waals surface area contributed by atoms with E-state index in [1.807, 2.05) is 0 Å². The van der Waals surface area contributed by atoms with Gasteiger partial charge in [-0.25, -0.2) is 0 Å². The molecule has 1 atom stereocenters. The first-order valence-electron chi connectivity index (χ1n) is 6.15. The van der Waals surface area contributed by atoms with Gasteiger partial charge in [0.1, 0.15) is 6.10 Å². The Morgan fingerprint density at radius 1 is 1.19 bits per heavy atom. The molecule has 0 amide bonds. The summed E-state index contributed by atoms with van der Waals surface area (Å²) in [5.41, 5.74) is 0. The van der Waals surface area contributed by atoms with Crippen molar-refractivity contribution in [1.82, 2.24) is 4.90 Å². The van der Waals surface area contributed by atoms with Crippen LogP contribution in [0.5, 0.6) is 0 Å². The Kier molecular flexibility index (Phi) is 11.2. The first-order valence-corrected chi connectivity index (χ1v) is 6.15. The van der Waals surface area contributed by atoms with Crippen molar-refractivity contribution in [3.8, 4) is 0 Å². The Labute approximate surface area is 99.5 Å². The van der Waals surface area contributed by atoms with E-state index in [1.165, 1.54) is 0 Å². The highest BCUT2D eigenvalue weighted by Gasteiger charge is 2.06. The van der Waals surface area contributed by atoms with Crippen LogP contribution in [0.25, 0.3) is 0 Å². The van der Waals surface area contributed by atoms with Gasteiger partial charge in [-0.1, -0.05) is 6.92 Å². The van der Waals surface area contributed by atoms with E-state index in [1.54, 1.807) is 0 Å². The van der Waals surface area contributed by atoms with E-state index in [0.29, 0.717) is 13.2 Å². The fourth-order valence-electron chi connectivity index (χ4n) is 1.28. The van der Waals surface area contributed by atoms with E-state index in [-0.39, 0.29) is 12.7 Å². The molecule has 0 aliphatic carbocycles. The lowest BCUT2D eigenvalue weighted by Crippen LogP contribution is -2.24. The van der Waals surface area contributed by atoms with Crippen LogP contribution in [-0.2, 0) is 9.47 Å². The van der Waals surface area contributed by atoms with Crippen molar-refractivity contribution in [2.75, 3.05) is 47.1 Å². The Balaban J connectivity index is 3.27. The summed E-state index contributed by atoms with van der Waals surface area (Å²) < 4.78 is 10.9. The quantitative estimate of drug-likeness (QED) is 0.543. The second-order valence-corrected chi connectivity index (χ2v) is 4.26. The predicted molar refractivity (Wildman–Crippen MR) is 65.7 cm³/mol. The maximum Gasteiger partial charge on any atom is 0.104 e. The van der Waals surface area contributed by atoms with Gasteiger partial charge in [-0.15, -0.1) is 0 Å². The standard InChI is InChI=1S/C12H27NO3/c1-4-8-16-12(10-14)11-15-9-6-5-7-13(2)3/h12,14H,4-11H2,1-3H3. The predicted octanol–water partition coefficient (Wildman–Crippen LogP) is 1.13. The molecule has 0 spiro atoms. The first kappa shape index (κ1) is 15.8. The number of hydrogen-bond acceptors (Lipinski definition) is 4. The number of aliphatic hydroxyl groups is 1. The van der Waals surface area contributed by atoms with Gasteiger partial charge in [-0.2, -0.15) is 0 Å². The molecular weight excluding hydrogens is 206 g/mol. The van der Waals surface area contributed by atoms with Gasteiger partial charge in [0, 0.05) is 13.2 Å². The van der Waals surface area contributed by atoms with Crippen LogP contribution in [0.3, 0.4) is 0 Å². The van der Waals surface area contributed by atoms with E-state index in [9.17, 15) is 0 Å². The summed E-state index contributed by atoms with van der Waals surface area (Å²) in [5.74, 6) is 0. The van der Waals surface area contributed by atoms with Gasteiger partial charge in [-0.05, 0) is 39.9 Å². The minimum atomic E-state index is -0.159. The second kappa shape index (κ2) is 11.3. The highest BCUT2D eigenvalue weighted by atomic mass is 16.5. The minimum absolute atomic E-state index is 0.0394. The van der Waals surface area contributed by atoms with Gasteiger partial charge >= 0.3 is 0 Å². The zero-order valence-electron chi connectivity index (χ0n) is 10.9. The van der Waals surface area contributed by atoms with Crippen molar-refractivity contribution in [1.29, 1.82) is 0 Å². The van der Waals surface area contributed by atoms with Gasteiger partial charge in [0.25, 0.3) is 0 Å². The molecule has 98 valence electrons. The number of nitrogens with zero attached hydrogens (tertiary/aromatic N) is 1. The fraction of sp³-hybridized carbons (Fsp3) is 1.00. The molecule has 0 aromatic heterocycles. The molecule has 1 N–H and O–H groups in total. The van der Waals surface area contributed by atoms with Crippen LogP contribution >= 0.6 is 0 Å². The summed E-state index contributed by atoms with van der Waals surface area (Å²) in [7, 11) is 4.14. The third kappa shape index (κ3) is 10.4. The molecule has 0 heterocycles. The highest BCUT2D eigenvalue weighted by Crippen LogP contribution is 1.97. The smallest absolute Gasteiger partial charge is 0.104 e. The molecule has 0 rings (SSSR count). The fourth-order valence-corrected chi connectivity index (χ4v) is 1.28. The Bertz CT molecular complexity index is 142. The van der Waals surface area contributed by atoms with Crippen molar-refractivity contribution in [3.63, 3.8) is 0 Å². The average molecular weight is 233 g/mol. The van der Waals surface area contributed by atoms with Crippen molar-refractivity contribution in [2.45, 2.75) is 32.3 Å². The largest absolute Gasteiger partial charge is 0.394 e. The van der Waals surface area contributed by atoms with Crippen LogP contribution in [-0.4, -0.2) is 63.2 Å². The number of rotatable bonds is 11. The number of unbranched alkanes of at least 4 members (excludes halogenated alkanes) is 1. The Morgan fingerprint density at radius 2 is 1.94 bits per heavy atom. The summed E-state index contributed by atoms with van der Waals surface area (Å²) in [6.45, 7) is 5.13. The van der Waals surface area contributed by atoms with Gasteiger partial charge in [0.15, 0.2) is 0 Å². The molecule has 1 unspecified atom stereocenters. The van der Waals surface area contributed by atoms with E-state index in [4.69, 9.17) is 14.6 Å². The molecule has 0 aliphatic rings. The van der Waals surface area contributed by atoms with Crippen molar-refractivity contribution >= 4 is 0 Å². The lowest BCUT2D eigenvalue weighted by molar-refractivity contribution is -0.0425. The zero-order valence-corrected chi connectivity index (χ0v) is 10.9. The third-order valence-electron chi connectivity index (χ3n) is 2.21. The van der Waals surface area contributed by atoms with Gasteiger partial charge in [-0.3, -0.25) is 0 Å². The van der Waals surface area contributed by atoms with Crippen LogP contribution in [0.1, 0.15) is 26.2 Å². The van der Waals surface area contributed by atoms with Crippen LogP contribution in [0, 0.1) is 0 Å². The molecule has 0 aliphatic heterocycles. The lowest BCUT2D eigenvalue weighted by atomic mass is 10.3. The zero-order chi connectivity index (χ0) is 12.2. The van der Waals surface area contributed by atoms with Gasteiger partial charge < -0.3 is 19.5 Å². The van der Waals surface area contributed by atoms with Gasteiger partial charge in [0.2, 0.25) is 0 Å². The molecule has 0 fully saturated rings. The molecule has 4 nitrogen and oxygen atoms in total. The molecule has 0 aromatic carbocycles. The van der Waals surface area contributed by atoms with E-state index in [0.717, 1.165) is 32.4 Å². The Morgan fingerprint density at radius 3 is 2.50 bits per heavy atom. The SMILES string of the molecule is CCCOC(CO)COCCCCN(C)C. The topological polar surface area (TPSA) is 41.9 Å². The molecule has 4 heteroatoms. The van der Waals surface area contributed by atoms with Crippen molar-refractivity contribution in [3.05, 3.63) is 0 Å². The van der Waals surface area contributed by atoms with Crippen molar-refractivity contribution < 1.29 is 14.6 Å². The molecule has 0 saturated heterocycles. The summed E-state index contributed by atoms with van der Waals surface area (Å²) >= 11 is 0. The van der Waals surface area contributed by atoms with Crippen molar-refractivity contribution in [2.24, 2.45) is 0 Å². The lowest BCUT2D eigenvalue weighted by Gasteiger charge is -2.15. The van der Waals surface area contributed by atoms with E-state index < -0.39 is 0 Å².